The molecule has 0 heterocycles. The summed E-state index contributed by atoms with van der Waals surface area (Å²) in [5.41, 5.74) is 8.51. The molecular formula is C35H59F3N4O6S2. The first-order valence-electron chi connectivity index (χ1n) is 17.7. The highest BCUT2D eigenvalue weighted by Crippen LogP contribution is 2.26. The van der Waals surface area contributed by atoms with Crippen molar-refractivity contribution in [3.05, 3.63) is 40.8 Å². The summed E-state index contributed by atoms with van der Waals surface area (Å²) in [6.07, 6.45) is -3.55. The number of unbranched alkanes of at least 4 members (excludes halogenated alkanes) is 3. The minimum Gasteiger partial charge on any atom is -0.441 e. The van der Waals surface area contributed by atoms with Crippen LogP contribution in [-0.4, -0.2) is 106 Å². The van der Waals surface area contributed by atoms with Crippen molar-refractivity contribution in [2.75, 3.05) is 69.2 Å². The maximum atomic E-state index is 14.3. The third-order valence-corrected chi connectivity index (χ3v) is 9.59. The smallest absolute Gasteiger partial charge is 0.441 e. The van der Waals surface area contributed by atoms with Gasteiger partial charge in [0.1, 0.15) is 18.3 Å². The number of thioether (sulfide) groups is 2. The number of halogens is 3. The lowest BCUT2D eigenvalue weighted by molar-refractivity contribution is -0.234. The molecule has 0 saturated carbocycles. The Bertz CT molecular complexity index is 1040. The molecule has 0 aliphatic heterocycles. The molecule has 288 valence electrons. The molecule has 0 amide bonds. The highest BCUT2D eigenvalue weighted by atomic mass is 32.2. The Morgan fingerprint density at radius 3 is 2.06 bits per heavy atom. The number of alkyl halides is 3. The molecule has 0 bridgehead atoms. The molecule has 1 aromatic carbocycles. The molecule has 0 radical (unpaired) electrons. The molecule has 0 aliphatic carbocycles. The largest absolute Gasteiger partial charge is 0.468 e. The van der Waals surface area contributed by atoms with Crippen LogP contribution in [0.5, 0.6) is 0 Å². The summed E-state index contributed by atoms with van der Waals surface area (Å²) in [6, 6.07) is 7.85. The Kier molecular flexibility index (Phi) is 27.6. The Labute approximate surface area is 305 Å². The molecule has 0 fully saturated rings. The number of ether oxygens (including phenoxy) is 6. The lowest BCUT2D eigenvalue weighted by Crippen LogP contribution is -2.47. The van der Waals surface area contributed by atoms with Gasteiger partial charge in [-0.25, -0.2) is 4.99 Å². The van der Waals surface area contributed by atoms with Crippen LogP contribution in [0, 0.1) is 5.92 Å². The monoisotopic (exact) mass is 752 g/mol. The van der Waals surface area contributed by atoms with Gasteiger partial charge in [0.2, 0.25) is 6.29 Å². The number of hydrogen-bond donors (Lipinski definition) is 0. The average Bonchev–Trinajstić information content (AvgIpc) is 3.09. The average molecular weight is 753 g/mol. The van der Waals surface area contributed by atoms with E-state index in [0.717, 1.165) is 61.5 Å². The second kappa shape index (κ2) is 29.8. The maximum Gasteiger partial charge on any atom is 0.468 e. The van der Waals surface area contributed by atoms with Crippen LogP contribution in [0.25, 0.3) is 10.4 Å². The summed E-state index contributed by atoms with van der Waals surface area (Å²) in [5.74, 6) is 2.47. The summed E-state index contributed by atoms with van der Waals surface area (Å²) in [4.78, 5) is 6.57. The van der Waals surface area contributed by atoms with Crippen molar-refractivity contribution in [1.82, 2.24) is 0 Å². The predicted octanol–water partition coefficient (Wildman–Crippen LogP) is 9.64. The summed E-state index contributed by atoms with van der Waals surface area (Å²) < 4.78 is 79.1. The summed E-state index contributed by atoms with van der Waals surface area (Å²) in [6.45, 7) is 12.4. The molecule has 0 saturated heterocycles. The van der Waals surface area contributed by atoms with Gasteiger partial charge in [0.15, 0.2) is 0 Å². The van der Waals surface area contributed by atoms with Gasteiger partial charge in [-0.1, -0.05) is 70.3 Å². The molecule has 50 heavy (non-hydrogen) atoms. The van der Waals surface area contributed by atoms with Crippen LogP contribution in [0.15, 0.2) is 40.4 Å². The van der Waals surface area contributed by atoms with Crippen molar-refractivity contribution in [2.45, 2.75) is 104 Å². The van der Waals surface area contributed by atoms with E-state index in [0.29, 0.717) is 38.9 Å². The third kappa shape index (κ3) is 23.0. The normalized spacial score (nSPS) is 15.2. The second-order valence-corrected chi connectivity index (χ2v) is 14.1. The van der Waals surface area contributed by atoms with E-state index in [4.69, 9.17) is 34.0 Å². The van der Waals surface area contributed by atoms with Crippen LogP contribution in [0.2, 0.25) is 0 Å². The quantitative estimate of drug-likeness (QED) is 0.0140. The lowest BCUT2D eigenvalue weighted by atomic mass is 10.2. The molecule has 0 aliphatic rings. The van der Waals surface area contributed by atoms with Crippen molar-refractivity contribution < 1.29 is 41.6 Å². The molecule has 10 nitrogen and oxygen atoms in total. The van der Waals surface area contributed by atoms with Crippen LogP contribution in [0.4, 0.5) is 18.9 Å². The van der Waals surface area contributed by atoms with Crippen molar-refractivity contribution in [1.29, 1.82) is 0 Å². The Balaban J connectivity index is 3.16. The van der Waals surface area contributed by atoms with E-state index in [-0.39, 0.29) is 18.9 Å². The summed E-state index contributed by atoms with van der Waals surface area (Å²) in [5, 5.41) is 3.56. The van der Waals surface area contributed by atoms with Gasteiger partial charge in [-0.05, 0) is 67.0 Å². The van der Waals surface area contributed by atoms with Crippen LogP contribution >= 0.6 is 23.5 Å². The van der Waals surface area contributed by atoms with Crippen molar-refractivity contribution in [3.8, 4) is 0 Å². The van der Waals surface area contributed by atoms with Crippen LogP contribution in [0.3, 0.4) is 0 Å². The fourth-order valence-corrected chi connectivity index (χ4v) is 6.16. The zero-order valence-electron chi connectivity index (χ0n) is 30.5. The van der Waals surface area contributed by atoms with Crippen LogP contribution < -0.4 is 0 Å². The van der Waals surface area contributed by atoms with E-state index in [1.54, 1.807) is 48.6 Å². The fourth-order valence-electron chi connectivity index (χ4n) is 4.19. The van der Waals surface area contributed by atoms with Gasteiger partial charge in [-0.15, -0.1) is 0 Å². The van der Waals surface area contributed by atoms with Crippen molar-refractivity contribution >= 4 is 35.1 Å². The van der Waals surface area contributed by atoms with E-state index >= 15 is 0 Å². The van der Waals surface area contributed by atoms with Crippen LogP contribution in [-0.2, 0) is 28.4 Å². The first kappa shape index (κ1) is 46.3. The lowest BCUT2D eigenvalue weighted by Gasteiger charge is -2.33. The summed E-state index contributed by atoms with van der Waals surface area (Å²) in [7, 11) is 0. The van der Waals surface area contributed by atoms with E-state index < -0.39 is 36.7 Å². The standard InChI is InChI=1S/C35H59F3N4O6S2/c1-6-9-18-43-24-31(46-20-11-8-3)32(25-44-21-23-50-27-28(4)26-49-22-17-40-42-39)47-33(29(5)45-19-10-7-2)48-34(35(36,37)38)41-30-15-13-12-14-16-30/h12-16,28-29,31-33H,6-11,17-27H2,1-5H3/t28?,29-,31+,32?,33-/m0/s1. The molecule has 1 aromatic rings. The first-order chi connectivity index (χ1) is 24.2. The summed E-state index contributed by atoms with van der Waals surface area (Å²) >= 11 is 3.53. The fraction of sp³-hybridized carbons (Fsp3) is 0.800. The topological polar surface area (TPSA) is 117 Å². The molecule has 0 N–H and O–H groups in total. The molecule has 5 atom stereocenters. The molecule has 2 unspecified atom stereocenters. The number of rotatable bonds is 31. The number of aliphatic imine (C=N–C) groups is 1. The third-order valence-electron chi connectivity index (χ3n) is 7.05. The van der Waals surface area contributed by atoms with Crippen LogP contribution in [0.1, 0.15) is 73.1 Å². The Morgan fingerprint density at radius 2 is 1.42 bits per heavy atom. The number of nitrogens with zero attached hydrogens (tertiary/aromatic N) is 4. The predicted molar refractivity (Wildman–Crippen MR) is 199 cm³/mol. The van der Waals surface area contributed by atoms with E-state index in [1.165, 1.54) is 12.1 Å². The van der Waals surface area contributed by atoms with Gasteiger partial charge in [-0.3, -0.25) is 0 Å². The van der Waals surface area contributed by atoms with E-state index in [2.05, 4.69) is 35.8 Å². The minimum atomic E-state index is -4.88. The molecular weight excluding hydrogens is 694 g/mol. The SMILES string of the molecule is CCCCOC[C@@H](OCCCC)C(COCCSCC(C)CSCCN=[N+]=[N-])O[C@@H](OC(=Nc1ccccc1)C(F)(F)F)[C@H](C)OCCCC. The number of para-hydroxylation sites is 1. The van der Waals surface area contributed by atoms with Gasteiger partial charge >= 0.3 is 6.18 Å². The Morgan fingerprint density at radius 1 is 0.820 bits per heavy atom. The Hall–Kier alpha value is -1.71. The minimum absolute atomic E-state index is 0.0536. The number of hydrogen-bond acceptors (Lipinski definition) is 10. The highest BCUT2D eigenvalue weighted by molar-refractivity contribution is 8.00. The maximum absolute atomic E-state index is 14.3. The molecule has 0 aromatic heterocycles. The second-order valence-electron chi connectivity index (χ2n) is 11.8. The molecule has 1 rings (SSSR count). The zero-order valence-corrected chi connectivity index (χ0v) is 32.1. The van der Waals surface area contributed by atoms with Gasteiger partial charge < -0.3 is 28.4 Å². The van der Waals surface area contributed by atoms with Crippen molar-refractivity contribution in [2.24, 2.45) is 16.0 Å². The van der Waals surface area contributed by atoms with Crippen molar-refractivity contribution in [3.63, 3.8) is 0 Å². The van der Waals surface area contributed by atoms with E-state index in [1.807, 2.05) is 6.92 Å². The van der Waals surface area contributed by atoms with Gasteiger partial charge in [0, 0.05) is 37.0 Å². The number of benzene rings is 1. The molecule has 0 spiro atoms. The van der Waals surface area contributed by atoms with E-state index in [9.17, 15) is 13.2 Å². The van der Waals surface area contributed by atoms with Gasteiger partial charge in [-0.2, -0.15) is 36.7 Å². The highest BCUT2D eigenvalue weighted by Gasteiger charge is 2.42. The van der Waals surface area contributed by atoms with Gasteiger partial charge in [0.05, 0.1) is 25.5 Å². The van der Waals surface area contributed by atoms with Gasteiger partial charge in [0.25, 0.3) is 5.90 Å². The first-order valence-corrected chi connectivity index (χ1v) is 20.0. The molecule has 15 heteroatoms. The number of azide groups is 1. The zero-order chi connectivity index (χ0) is 36.9.